The maximum absolute atomic E-state index is 11.4. The Morgan fingerprint density at radius 3 is 1.51 bits per heavy atom. The highest BCUT2D eigenvalue weighted by Crippen LogP contribution is 2.44. The Kier molecular flexibility index (Phi) is 13.9. The van der Waals surface area contributed by atoms with Crippen LogP contribution in [0.5, 0.6) is 0 Å². The molecule has 6 rings (SSSR count). The Morgan fingerprint density at radius 2 is 1.12 bits per heavy atom. The van der Waals surface area contributed by atoms with E-state index in [0.29, 0.717) is 25.0 Å². The van der Waals surface area contributed by atoms with Crippen molar-refractivity contribution in [2.45, 2.75) is 172 Å². The van der Waals surface area contributed by atoms with Crippen LogP contribution in [0.25, 0.3) is 0 Å². The zero-order chi connectivity index (χ0) is 36.3. The molecule has 0 bridgehead atoms. The molecule has 7 nitrogen and oxygen atoms in total. The number of aliphatic hydroxyl groups is 1. The second-order valence-electron chi connectivity index (χ2n) is 17.4. The summed E-state index contributed by atoms with van der Waals surface area (Å²) in [6.07, 6.45) is 20.5. The fraction of sp³-hybridized carbons (Fsp3) is 0.682. The summed E-state index contributed by atoms with van der Waals surface area (Å²) in [6.45, 7) is 9.44. The van der Waals surface area contributed by atoms with Crippen LogP contribution < -0.4 is 10.6 Å². The van der Waals surface area contributed by atoms with E-state index >= 15 is 0 Å². The number of alkyl carbamates (subject to hydrolysis) is 2. The Balaban J connectivity index is 0.000000198. The van der Waals surface area contributed by atoms with Gasteiger partial charge in [-0.1, -0.05) is 107 Å². The lowest BCUT2D eigenvalue weighted by Gasteiger charge is -2.20. The van der Waals surface area contributed by atoms with E-state index in [1.165, 1.54) is 80.0 Å². The van der Waals surface area contributed by atoms with Crippen LogP contribution in [0.15, 0.2) is 48.5 Å². The van der Waals surface area contributed by atoms with Crippen LogP contribution in [0, 0.1) is 5.92 Å². The zero-order valence-corrected chi connectivity index (χ0v) is 32.1. The summed E-state index contributed by atoms with van der Waals surface area (Å²) in [4.78, 5) is 22.7. The van der Waals surface area contributed by atoms with Crippen molar-refractivity contribution in [1.29, 1.82) is 0 Å². The molecule has 2 amide bonds. The minimum absolute atomic E-state index is 0.101. The number of carbonyl (C=O) groups excluding carboxylic acids is 2. The summed E-state index contributed by atoms with van der Waals surface area (Å²) in [5, 5.41) is 15.8. The van der Waals surface area contributed by atoms with Crippen LogP contribution in [0.1, 0.15) is 165 Å². The molecule has 2 saturated heterocycles. The van der Waals surface area contributed by atoms with E-state index < -0.39 is 5.60 Å². The lowest BCUT2D eigenvalue weighted by atomic mass is 9.92. The molecule has 51 heavy (non-hydrogen) atoms. The van der Waals surface area contributed by atoms with Gasteiger partial charge in [-0.15, -0.1) is 0 Å². The first kappa shape index (κ1) is 39.2. The molecule has 282 valence electrons. The fourth-order valence-corrected chi connectivity index (χ4v) is 8.68. The maximum Gasteiger partial charge on any atom is 0.407 e. The number of carbonyl (C=O) groups is 2. The summed E-state index contributed by atoms with van der Waals surface area (Å²) in [5.41, 5.74) is 4.91. The van der Waals surface area contributed by atoms with Gasteiger partial charge in [0.05, 0.1) is 16.7 Å². The second kappa shape index (κ2) is 18.1. The molecule has 4 fully saturated rings. The molecule has 0 radical (unpaired) electrons. The first-order chi connectivity index (χ1) is 24.4. The number of ether oxygens (including phenoxy) is 2. The van der Waals surface area contributed by atoms with Crippen molar-refractivity contribution < 1.29 is 24.2 Å². The molecule has 0 aromatic heterocycles. The van der Waals surface area contributed by atoms with E-state index in [9.17, 15) is 14.7 Å². The van der Waals surface area contributed by atoms with Gasteiger partial charge in [-0.25, -0.2) is 9.59 Å². The van der Waals surface area contributed by atoms with Crippen LogP contribution >= 0.6 is 0 Å². The van der Waals surface area contributed by atoms with Crippen LogP contribution in [0.3, 0.4) is 0 Å². The predicted molar refractivity (Wildman–Crippen MR) is 205 cm³/mol. The molecule has 2 aromatic carbocycles. The van der Waals surface area contributed by atoms with Gasteiger partial charge in [-0.3, -0.25) is 0 Å². The molecular formula is C44H66N2O5. The Bertz CT molecular complexity index is 1380. The molecule has 2 spiro atoms. The van der Waals surface area contributed by atoms with E-state index in [2.05, 4.69) is 73.0 Å². The third kappa shape index (κ3) is 12.3. The molecular weight excluding hydrogens is 636 g/mol. The number of benzene rings is 2. The quantitative estimate of drug-likeness (QED) is 0.151. The van der Waals surface area contributed by atoms with E-state index in [1.54, 1.807) is 0 Å². The van der Waals surface area contributed by atoms with Crippen LogP contribution in [0.2, 0.25) is 0 Å². The summed E-state index contributed by atoms with van der Waals surface area (Å²) < 4.78 is 10.2. The highest BCUT2D eigenvalue weighted by molar-refractivity contribution is 5.71. The summed E-state index contributed by atoms with van der Waals surface area (Å²) >= 11 is 0. The highest BCUT2D eigenvalue weighted by Gasteiger charge is 2.47. The van der Waals surface area contributed by atoms with Gasteiger partial charge < -0.3 is 25.2 Å². The van der Waals surface area contributed by atoms with Gasteiger partial charge in [-0.05, 0) is 124 Å². The van der Waals surface area contributed by atoms with Gasteiger partial charge in [0.15, 0.2) is 0 Å². The van der Waals surface area contributed by atoms with Gasteiger partial charge in [0.25, 0.3) is 0 Å². The minimum atomic E-state index is -0.526. The molecule has 2 heterocycles. The van der Waals surface area contributed by atoms with Crippen molar-refractivity contribution in [3.63, 3.8) is 0 Å². The maximum atomic E-state index is 11.4. The van der Waals surface area contributed by atoms with Crippen LogP contribution in [-0.2, 0) is 22.3 Å². The number of nitrogens with one attached hydrogen (secondary N) is 2. The van der Waals surface area contributed by atoms with Gasteiger partial charge in [0, 0.05) is 0 Å². The van der Waals surface area contributed by atoms with Crippen molar-refractivity contribution in [1.82, 2.24) is 10.6 Å². The third-order valence-corrected chi connectivity index (χ3v) is 11.8. The predicted octanol–water partition coefficient (Wildman–Crippen LogP) is 10.3. The Morgan fingerprint density at radius 1 is 0.686 bits per heavy atom. The molecule has 2 aliphatic carbocycles. The molecule has 2 saturated carbocycles. The van der Waals surface area contributed by atoms with Crippen molar-refractivity contribution in [2.75, 3.05) is 13.2 Å². The number of rotatable bonds is 16. The van der Waals surface area contributed by atoms with E-state index in [0.717, 1.165) is 63.7 Å². The number of unbranched alkanes of at least 4 members (excludes halogenated alkanes) is 6. The molecule has 7 heteroatoms. The Hall–Kier alpha value is -3.06. The van der Waals surface area contributed by atoms with Gasteiger partial charge in [0.1, 0.15) is 13.2 Å². The average molecular weight is 703 g/mol. The summed E-state index contributed by atoms with van der Waals surface area (Å²) in [6, 6.07) is 18.3. The van der Waals surface area contributed by atoms with Gasteiger partial charge >= 0.3 is 12.2 Å². The smallest absolute Gasteiger partial charge is 0.407 e. The van der Waals surface area contributed by atoms with Crippen LogP contribution in [0.4, 0.5) is 9.59 Å². The van der Waals surface area contributed by atoms with Gasteiger partial charge in [-0.2, -0.15) is 0 Å². The zero-order valence-electron chi connectivity index (χ0n) is 32.1. The normalized spacial score (nSPS) is 25.5. The molecule has 4 atom stereocenters. The number of hydrogen-bond donors (Lipinski definition) is 3. The highest BCUT2D eigenvalue weighted by atomic mass is 16.6. The molecule has 2 aromatic rings. The molecule has 4 aliphatic rings. The van der Waals surface area contributed by atoms with Crippen LogP contribution in [-0.4, -0.2) is 47.2 Å². The molecule has 2 aliphatic heterocycles. The fourth-order valence-electron chi connectivity index (χ4n) is 8.68. The first-order valence-corrected chi connectivity index (χ1v) is 20.2. The summed E-state index contributed by atoms with van der Waals surface area (Å²) in [7, 11) is 0. The van der Waals surface area contributed by atoms with E-state index in [4.69, 9.17) is 9.47 Å². The van der Waals surface area contributed by atoms with Crippen molar-refractivity contribution >= 4 is 12.2 Å². The number of cyclic esters (lactones) is 2. The minimum Gasteiger partial charge on any atom is -0.447 e. The standard InChI is InChI=1S/C22H33NO3.C22H33NO2/c1-21(2,25)13-6-4-3-5-7-17-8-10-18(11-9-17)19-12-14-22(15-19)16-26-20(24)23-22;1-17(2)7-5-3-4-6-8-18-9-11-19(12-10-18)20-13-14-22(15-20)16-25-21(24)23-22/h8-11,19,25H,3-7,12-16H2,1-2H3,(H,23,24);9-12,17,20H,3-8,13-16H2,1-2H3,(H,23,24)/t19-,22-;20-,22-/m11/s1. The number of aryl methyl sites for hydroxylation is 2. The largest absolute Gasteiger partial charge is 0.447 e. The number of amides is 2. The topological polar surface area (TPSA) is 96.9 Å². The van der Waals surface area contributed by atoms with Crippen molar-refractivity contribution in [3.05, 3.63) is 70.8 Å². The lowest BCUT2D eigenvalue weighted by molar-refractivity contribution is 0.0680. The summed E-state index contributed by atoms with van der Waals surface area (Å²) in [5.74, 6) is 1.91. The second-order valence-corrected chi connectivity index (χ2v) is 17.4. The SMILES string of the molecule is CC(C)(O)CCCCCCc1ccc([C@@H]2CC[C@]3(COC(=O)N3)C2)cc1.CC(C)CCCCCCc1ccc([C@@H]2CC[C@]3(COC(=O)N3)C2)cc1. The number of hydrogen-bond acceptors (Lipinski definition) is 5. The average Bonchev–Trinajstić information content (AvgIpc) is 3.89. The third-order valence-electron chi connectivity index (χ3n) is 11.8. The van der Waals surface area contributed by atoms with E-state index in [1.807, 2.05) is 13.8 Å². The first-order valence-electron chi connectivity index (χ1n) is 20.2. The van der Waals surface area contributed by atoms with E-state index in [-0.39, 0.29) is 23.3 Å². The lowest BCUT2D eigenvalue weighted by Crippen LogP contribution is -2.40. The molecule has 0 unspecified atom stereocenters. The van der Waals surface area contributed by atoms with Gasteiger partial charge in [0.2, 0.25) is 0 Å². The Labute approximate surface area is 308 Å². The molecule has 3 N–H and O–H groups in total. The van der Waals surface area contributed by atoms with Crippen molar-refractivity contribution in [2.24, 2.45) is 5.92 Å². The van der Waals surface area contributed by atoms with Crippen molar-refractivity contribution in [3.8, 4) is 0 Å². The monoisotopic (exact) mass is 702 g/mol.